The molecule has 0 bridgehead atoms. The molecular weight excluding hydrogens is 424 g/mol. The molecule has 164 valence electrons. The van der Waals surface area contributed by atoms with E-state index in [1.807, 2.05) is 0 Å². The summed E-state index contributed by atoms with van der Waals surface area (Å²) in [5.41, 5.74) is 0.451. The van der Waals surface area contributed by atoms with Crippen molar-refractivity contribution in [1.82, 2.24) is 10.0 Å². The zero-order valence-corrected chi connectivity index (χ0v) is 17.6. The third kappa shape index (κ3) is 5.44. The van der Waals surface area contributed by atoms with Gasteiger partial charge in [-0.15, -0.1) is 0 Å². The lowest BCUT2D eigenvalue weighted by atomic mass is 10.1. The van der Waals surface area contributed by atoms with Crippen molar-refractivity contribution >= 4 is 33.2 Å². The molecule has 1 aliphatic carbocycles. The Morgan fingerprint density at radius 1 is 1.13 bits per heavy atom. The first-order chi connectivity index (χ1) is 14.7. The number of nitrogens with zero attached hydrogens (tertiary/aromatic N) is 2. The Morgan fingerprint density at radius 2 is 1.84 bits per heavy atom. The third-order valence-corrected chi connectivity index (χ3v) is 6.27. The van der Waals surface area contributed by atoms with Gasteiger partial charge in [-0.25, -0.2) is 13.1 Å². The molecule has 0 aromatic heterocycles. The molecule has 2 amide bonds. The third-order valence-electron chi connectivity index (χ3n) is 4.81. The molecule has 1 fully saturated rings. The van der Waals surface area contributed by atoms with Crippen LogP contribution in [0.5, 0.6) is 0 Å². The SMILES string of the molecule is CN(C(=O)C1CC1)c1ccccc1C(=O)NCCNS(=O)(=O)c1cccc([N+](=O)[O-])c1. The molecule has 0 aliphatic heterocycles. The quantitative estimate of drug-likeness (QED) is 0.341. The van der Waals surface area contributed by atoms with Gasteiger partial charge in [-0.05, 0) is 31.0 Å². The molecule has 2 aromatic carbocycles. The van der Waals surface area contributed by atoms with Gasteiger partial charge in [0.15, 0.2) is 0 Å². The van der Waals surface area contributed by atoms with E-state index in [1.54, 1.807) is 31.3 Å². The number of carbonyl (C=O) groups is 2. The van der Waals surface area contributed by atoms with Gasteiger partial charge >= 0.3 is 0 Å². The fourth-order valence-corrected chi connectivity index (χ4v) is 4.06. The molecule has 2 N–H and O–H groups in total. The van der Waals surface area contributed by atoms with E-state index in [1.165, 1.54) is 23.1 Å². The van der Waals surface area contributed by atoms with Crippen LogP contribution < -0.4 is 14.9 Å². The molecule has 31 heavy (non-hydrogen) atoms. The molecule has 2 aromatic rings. The maximum Gasteiger partial charge on any atom is 0.270 e. The second-order valence-electron chi connectivity index (χ2n) is 7.10. The Bertz CT molecular complexity index is 1110. The molecule has 1 saturated carbocycles. The fourth-order valence-electron chi connectivity index (χ4n) is 2.99. The Kier molecular flexibility index (Phi) is 6.66. The minimum absolute atomic E-state index is 0.00401. The fraction of sp³-hybridized carbons (Fsp3) is 0.300. The van der Waals surface area contributed by atoms with E-state index < -0.39 is 20.9 Å². The van der Waals surface area contributed by atoms with Gasteiger partial charge in [0, 0.05) is 38.2 Å². The lowest BCUT2D eigenvalue weighted by molar-refractivity contribution is -0.385. The first-order valence-electron chi connectivity index (χ1n) is 9.59. The molecule has 0 heterocycles. The van der Waals surface area contributed by atoms with Crippen molar-refractivity contribution in [3.8, 4) is 0 Å². The standard InChI is InChI=1S/C20H22N4O6S/c1-23(20(26)14-9-10-14)18-8-3-2-7-17(18)19(25)21-11-12-22-31(29,30)16-6-4-5-15(13-16)24(27)28/h2-8,13-14,22H,9-12H2,1H3,(H,21,25). The van der Waals surface area contributed by atoms with Crippen LogP contribution >= 0.6 is 0 Å². The van der Waals surface area contributed by atoms with E-state index in [9.17, 15) is 28.1 Å². The Morgan fingerprint density at radius 3 is 2.52 bits per heavy atom. The molecule has 0 saturated heterocycles. The second kappa shape index (κ2) is 9.23. The molecule has 10 nitrogen and oxygen atoms in total. The largest absolute Gasteiger partial charge is 0.351 e. The molecule has 11 heteroatoms. The molecule has 0 unspecified atom stereocenters. The van der Waals surface area contributed by atoms with Crippen LogP contribution in [0.1, 0.15) is 23.2 Å². The second-order valence-corrected chi connectivity index (χ2v) is 8.86. The lowest BCUT2D eigenvalue weighted by Gasteiger charge is -2.20. The van der Waals surface area contributed by atoms with E-state index in [-0.39, 0.29) is 35.5 Å². The number of para-hydroxylation sites is 1. The molecule has 0 radical (unpaired) electrons. The number of sulfonamides is 1. The zero-order valence-electron chi connectivity index (χ0n) is 16.8. The van der Waals surface area contributed by atoms with E-state index in [4.69, 9.17) is 0 Å². The van der Waals surface area contributed by atoms with Crippen LogP contribution in [0.4, 0.5) is 11.4 Å². The van der Waals surface area contributed by atoms with Crippen LogP contribution in [0, 0.1) is 16.0 Å². The number of hydrogen-bond acceptors (Lipinski definition) is 6. The number of benzene rings is 2. The van der Waals surface area contributed by atoms with Crippen molar-refractivity contribution in [3.63, 3.8) is 0 Å². The van der Waals surface area contributed by atoms with Crippen molar-refractivity contribution in [2.24, 2.45) is 5.92 Å². The summed E-state index contributed by atoms with van der Waals surface area (Å²) in [6.45, 7) is -0.128. The predicted octanol–water partition coefficient (Wildman–Crippen LogP) is 1.68. The van der Waals surface area contributed by atoms with Gasteiger partial charge < -0.3 is 10.2 Å². The van der Waals surface area contributed by atoms with Gasteiger partial charge in [-0.1, -0.05) is 18.2 Å². The van der Waals surface area contributed by atoms with Crippen LogP contribution in [-0.4, -0.2) is 45.3 Å². The maximum absolute atomic E-state index is 12.6. The summed E-state index contributed by atoms with van der Waals surface area (Å²) in [5.74, 6) is -0.477. The average molecular weight is 446 g/mol. The Balaban J connectivity index is 1.59. The smallest absolute Gasteiger partial charge is 0.270 e. The van der Waals surface area contributed by atoms with E-state index >= 15 is 0 Å². The first-order valence-corrected chi connectivity index (χ1v) is 11.1. The summed E-state index contributed by atoms with van der Waals surface area (Å²) in [4.78, 5) is 36.3. The summed E-state index contributed by atoms with van der Waals surface area (Å²) in [7, 11) is -2.35. The van der Waals surface area contributed by atoms with Crippen LogP contribution in [0.15, 0.2) is 53.4 Å². The number of non-ortho nitro benzene ring substituents is 1. The number of carbonyl (C=O) groups excluding carboxylic acids is 2. The van der Waals surface area contributed by atoms with Crippen molar-refractivity contribution < 1.29 is 22.9 Å². The van der Waals surface area contributed by atoms with Gasteiger partial charge in [-0.3, -0.25) is 19.7 Å². The Labute approximate surface area is 179 Å². The maximum atomic E-state index is 12.6. The highest BCUT2D eigenvalue weighted by Crippen LogP contribution is 2.33. The summed E-state index contributed by atoms with van der Waals surface area (Å²) < 4.78 is 26.9. The van der Waals surface area contributed by atoms with Crippen molar-refractivity contribution in [2.45, 2.75) is 17.7 Å². The minimum atomic E-state index is -3.97. The summed E-state index contributed by atoms with van der Waals surface area (Å²) in [5, 5.41) is 13.4. The number of nitrogens with one attached hydrogen (secondary N) is 2. The summed E-state index contributed by atoms with van der Waals surface area (Å²) in [6.07, 6.45) is 1.70. The van der Waals surface area contributed by atoms with Crippen LogP contribution in [0.3, 0.4) is 0 Å². The van der Waals surface area contributed by atoms with Gasteiger partial charge in [-0.2, -0.15) is 0 Å². The molecule has 3 rings (SSSR count). The average Bonchev–Trinajstić information content (AvgIpc) is 3.61. The highest BCUT2D eigenvalue weighted by Gasteiger charge is 2.33. The van der Waals surface area contributed by atoms with Crippen LogP contribution in [0.2, 0.25) is 0 Å². The van der Waals surface area contributed by atoms with E-state index in [0.717, 1.165) is 18.9 Å². The number of anilines is 1. The van der Waals surface area contributed by atoms with Gasteiger partial charge in [0.2, 0.25) is 15.9 Å². The van der Waals surface area contributed by atoms with E-state index in [2.05, 4.69) is 10.0 Å². The van der Waals surface area contributed by atoms with E-state index in [0.29, 0.717) is 11.3 Å². The molecule has 0 spiro atoms. The molecule has 1 aliphatic rings. The van der Waals surface area contributed by atoms with Crippen molar-refractivity contribution in [1.29, 1.82) is 0 Å². The number of rotatable bonds is 9. The predicted molar refractivity (Wildman–Crippen MR) is 113 cm³/mol. The Hall–Kier alpha value is -3.31. The monoisotopic (exact) mass is 446 g/mol. The summed E-state index contributed by atoms with van der Waals surface area (Å²) >= 11 is 0. The number of hydrogen-bond donors (Lipinski definition) is 2. The number of nitro benzene ring substituents is 1. The minimum Gasteiger partial charge on any atom is -0.351 e. The highest BCUT2D eigenvalue weighted by molar-refractivity contribution is 7.89. The van der Waals surface area contributed by atoms with Crippen molar-refractivity contribution in [2.75, 3.05) is 25.0 Å². The zero-order chi connectivity index (χ0) is 22.6. The van der Waals surface area contributed by atoms with Crippen LogP contribution in [0.25, 0.3) is 0 Å². The normalized spacial score (nSPS) is 13.5. The molecular formula is C20H22N4O6S. The summed E-state index contributed by atoms with van der Waals surface area (Å²) in [6, 6.07) is 11.4. The topological polar surface area (TPSA) is 139 Å². The number of amides is 2. The van der Waals surface area contributed by atoms with Gasteiger partial charge in [0.25, 0.3) is 11.6 Å². The molecule has 0 atom stereocenters. The van der Waals surface area contributed by atoms with Gasteiger partial charge in [0.05, 0.1) is 21.1 Å². The van der Waals surface area contributed by atoms with Crippen molar-refractivity contribution in [3.05, 3.63) is 64.2 Å². The van der Waals surface area contributed by atoms with Crippen LogP contribution in [-0.2, 0) is 14.8 Å². The van der Waals surface area contributed by atoms with Gasteiger partial charge in [0.1, 0.15) is 0 Å². The number of nitro groups is 1. The lowest BCUT2D eigenvalue weighted by Crippen LogP contribution is -2.36. The first kappa shape index (κ1) is 22.4. The highest BCUT2D eigenvalue weighted by atomic mass is 32.2.